The molecule has 1 N–H and O–H groups in total. The van der Waals surface area contributed by atoms with Crippen LogP contribution in [-0.2, 0) is 4.79 Å². The highest BCUT2D eigenvalue weighted by molar-refractivity contribution is 8.14. The van der Waals surface area contributed by atoms with E-state index in [0.29, 0.717) is 44.3 Å². The summed E-state index contributed by atoms with van der Waals surface area (Å²) in [6, 6.07) is 17.0. The van der Waals surface area contributed by atoms with E-state index in [2.05, 4.69) is 17.0 Å². The molecular weight excluding hydrogens is 442 g/mol. The molecule has 2 aliphatic heterocycles. The summed E-state index contributed by atoms with van der Waals surface area (Å²) in [5, 5.41) is 21.8. The minimum absolute atomic E-state index is 0.00174. The summed E-state index contributed by atoms with van der Waals surface area (Å²) in [5.41, 5.74) is 1.08. The Balaban J connectivity index is 1.58. The zero-order valence-corrected chi connectivity index (χ0v) is 18.0. The molecule has 164 valence electrons. The number of furan rings is 1. The van der Waals surface area contributed by atoms with Crippen molar-refractivity contribution in [3.63, 3.8) is 0 Å². The number of thioether (sulfide) groups is 1. The van der Waals surface area contributed by atoms with E-state index in [0.717, 1.165) is 0 Å². The Kier molecular flexibility index (Phi) is 5.27. The molecule has 0 radical (unpaired) electrons. The number of fused-ring (bicyclic) bond motifs is 2. The second-order valence-electron chi connectivity index (χ2n) is 7.18. The van der Waals surface area contributed by atoms with Gasteiger partial charge in [0.25, 0.3) is 11.6 Å². The summed E-state index contributed by atoms with van der Waals surface area (Å²) in [7, 11) is 0. The number of hydrazone groups is 1. The van der Waals surface area contributed by atoms with Crippen LogP contribution >= 0.6 is 11.8 Å². The van der Waals surface area contributed by atoms with Crippen molar-refractivity contribution in [3.8, 4) is 11.3 Å². The van der Waals surface area contributed by atoms with Crippen molar-refractivity contribution in [3.05, 3.63) is 99.8 Å². The van der Waals surface area contributed by atoms with Gasteiger partial charge in [-0.25, -0.2) is 10.0 Å². The summed E-state index contributed by atoms with van der Waals surface area (Å²) in [6.07, 6.45) is 1.04. The van der Waals surface area contributed by atoms with Gasteiger partial charge in [0, 0.05) is 28.7 Å². The second-order valence-corrected chi connectivity index (χ2v) is 8.19. The van der Waals surface area contributed by atoms with Crippen LogP contribution in [0.5, 0.6) is 0 Å². The van der Waals surface area contributed by atoms with Crippen LogP contribution in [0.4, 0.5) is 5.69 Å². The number of hydrogen-bond donors (Lipinski definition) is 1. The smallest absolute Gasteiger partial charge is 0.276 e. The van der Waals surface area contributed by atoms with Gasteiger partial charge in [-0.1, -0.05) is 36.0 Å². The molecule has 3 heterocycles. The average Bonchev–Trinajstić information content (AvgIpc) is 3.32. The predicted molar refractivity (Wildman–Crippen MR) is 124 cm³/mol. The number of nitro groups is 1. The number of hydrogen-bond acceptors (Lipinski definition) is 8. The number of nitrogens with zero attached hydrogens (tertiary/aromatic N) is 4. The highest BCUT2D eigenvalue weighted by Crippen LogP contribution is 2.34. The number of carbonyl (C=O) groups is 1. The van der Waals surface area contributed by atoms with E-state index in [-0.39, 0.29) is 11.6 Å². The molecule has 33 heavy (non-hydrogen) atoms. The van der Waals surface area contributed by atoms with Crippen LogP contribution in [0.25, 0.3) is 17.0 Å². The Morgan fingerprint density at radius 2 is 1.97 bits per heavy atom. The lowest BCUT2D eigenvalue weighted by Crippen LogP contribution is -2.50. The Morgan fingerprint density at radius 1 is 1.18 bits per heavy atom. The van der Waals surface area contributed by atoms with Crippen LogP contribution in [-0.4, -0.2) is 26.8 Å². The minimum Gasteiger partial charge on any atom is -0.457 e. The minimum atomic E-state index is -0.688. The third-order valence-electron chi connectivity index (χ3n) is 5.10. The van der Waals surface area contributed by atoms with Crippen molar-refractivity contribution in [2.24, 2.45) is 10.1 Å². The van der Waals surface area contributed by atoms with E-state index >= 15 is 0 Å². The monoisotopic (exact) mass is 459 g/mol. The topological polar surface area (TPSA) is 113 Å². The Labute approximate surface area is 192 Å². The zero-order valence-electron chi connectivity index (χ0n) is 17.2. The molecule has 0 unspecified atom stereocenters. The van der Waals surface area contributed by atoms with Crippen molar-refractivity contribution >= 4 is 34.2 Å². The van der Waals surface area contributed by atoms with Crippen molar-refractivity contribution in [2.45, 2.75) is 6.17 Å². The van der Waals surface area contributed by atoms with Gasteiger partial charge in [0.1, 0.15) is 11.5 Å². The van der Waals surface area contributed by atoms with Gasteiger partial charge in [0.2, 0.25) is 6.17 Å². The van der Waals surface area contributed by atoms with E-state index < -0.39 is 11.1 Å². The molecule has 1 atom stereocenters. The molecule has 2 aromatic carbocycles. The first-order chi connectivity index (χ1) is 16.0. The summed E-state index contributed by atoms with van der Waals surface area (Å²) < 4.78 is 6.08. The Bertz CT molecular complexity index is 1430. The third-order valence-corrected chi connectivity index (χ3v) is 5.96. The van der Waals surface area contributed by atoms with Crippen LogP contribution < -0.4 is 15.9 Å². The lowest BCUT2D eigenvalue weighted by molar-refractivity contribution is -0.384. The molecule has 0 fully saturated rings. The molecule has 9 nitrogen and oxygen atoms in total. The maximum absolute atomic E-state index is 13.0. The largest absolute Gasteiger partial charge is 0.457 e. The number of para-hydroxylation sites is 1. The quantitative estimate of drug-likeness (QED) is 0.357. The maximum Gasteiger partial charge on any atom is 0.276 e. The standard InChI is InChI=1S/C23H17N5O4S/c1-2-13-33-23-25-22(29)20-16-5-3-4-6-17(16)24-21(27(20)26-23)19-12-11-18(32-19)14-7-9-15(10-8-14)28(30)31/h2-12,21H,1,13H2,(H,25,26,29)/t21-/m0/s1. The van der Waals surface area contributed by atoms with Crippen LogP contribution in [0.15, 0.2) is 87.8 Å². The van der Waals surface area contributed by atoms with Crippen molar-refractivity contribution < 1.29 is 14.1 Å². The predicted octanol–water partition coefficient (Wildman–Crippen LogP) is 2.92. The molecule has 0 bridgehead atoms. The number of nitrogens with one attached hydrogen (secondary N) is 1. The van der Waals surface area contributed by atoms with Crippen LogP contribution in [0, 0.1) is 10.1 Å². The van der Waals surface area contributed by atoms with Crippen molar-refractivity contribution in [1.82, 2.24) is 10.3 Å². The van der Waals surface area contributed by atoms with Crippen LogP contribution in [0.3, 0.4) is 0 Å². The summed E-state index contributed by atoms with van der Waals surface area (Å²) >= 11 is 1.36. The lowest BCUT2D eigenvalue weighted by Gasteiger charge is -2.32. The Hall–Kier alpha value is -4.18. The number of nitro benzene ring substituents is 1. The van der Waals surface area contributed by atoms with Gasteiger partial charge in [-0.3, -0.25) is 20.2 Å². The SMILES string of the molecule is C=CCSC1=NN2C(=c3ccccc3=N[C@@H]2c2ccc(-c3ccc([N+](=O)[O-])cc3)o2)C(=O)N1. The van der Waals surface area contributed by atoms with Gasteiger partial charge in [0.05, 0.1) is 10.3 Å². The second kappa shape index (κ2) is 8.40. The van der Waals surface area contributed by atoms with E-state index in [1.54, 1.807) is 35.4 Å². The van der Waals surface area contributed by atoms with E-state index in [1.165, 1.54) is 23.9 Å². The molecule has 0 spiro atoms. The summed E-state index contributed by atoms with van der Waals surface area (Å²) in [4.78, 5) is 28.3. The number of non-ortho nitro benzene ring substituents is 1. The first-order valence-electron chi connectivity index (χ1n) is 10.00. The summed E-state index contributed by atoms with van der Waals surface area (Å²) in [5.74, 6) is 1.33. The van der Waals surface area contributed by atoms with E-state index in [4.69, 9.17) is 9.41 Å². The fraction of sp³-hybridized carbons (Fsp3) is 0.0870. The number of amidine groups is 1. The lowest BCUT2D eigenvalue weighted by atomic mass is 10.1. The number of benzene rings is 2. The van der Waals surface area contributed by atoms with Gasteiger partial charge >= 0.3 is 0 Å². The molecule has 5 rings (SSSR count). The highest BCUT2D eigenvalue weighted by atomic mass is 32.2. The molecule has 1 amide bonds. The van der Waals surface area contributed by atoms with Gasteiger partial charge < -0.3 is 4.42 Å². The van der Waals surface area contributed by atoms with E-state index in [9.17, 15) is 14.9 Å². The molecule has 0 saturated carbocycles. The first-order valence-corrected chi connectivity index (χ1v) is 11.0. The molecule has 0 saturated heterocycles. The zero-order chi connectivity index (χ0) is 22.9. The molecule has 0 aliphatic carbocycles. The van der Waals surface area contributed by atoms with Crippen LogP contribution in [0.1, 0.15) is 11.9 Å². The molecule has 1 aromatic heterocycles. The molecule has 2 aliphatic rings. The fourth-order valence-corrected chi connectivity index (χ4v) is 4.20. The third kappa shape index (κ3) is 3.80. The summed E-state index contributed by atoms with van der Waals surface area (Å²) in [6.45, 7) is 3.71. The molecule has 3 aromatic rings. The van der Waals surface area contributed by atoms with Crippen molar-refractivity contribution in [2.75, 3.05) is 5.75 Å². The number of carbonyl (C=O) groups excluding carboxylic acids is 1. The van der Waals surface area contributed by atoms with Gasteiger partial charge in [-0.15, -0.1) is 11.7 Å². The Morgan fingerprint density at radius 3 is 2.73 bits per heavy atom. The van der Waals surface area contributed by atoms with E-state index in [1.807, 2.05) is 24.3 Å². The first kappa shape index (κ1) is 20.7. The normalized spacial score (nSPS) is 16.8. The van der Waals surface area contributed by atoms with Gasteiger partial charge in [0.15, 0.2) is 10.9 Å². The molecule has 10 heteroatoms. The average molecular weight is 459 g/mol. The molecular formula is C23H17N5O4S. The van der Waals surface area contributed by atoms with Crippen LogP contribution in [0.2, 0.25) is 0 Å². The fourth-order valence-electron chi connectivity index (χ4n) is 3.61. The number of amides is 1. The van der Waals surface area contributed by atoms with Gasteiger partial charge in [-0.2, -0.15) is 0 Å². The maximum atomic E-state index is 13.0. The number of rotatable bonds is 5. The van der Waals surface area contributed by atoms with Gasteiger partial charge in [-0.05, 0) is 30.3 Å². The van der Waals surface area contributed by atoms with Crippen molar-refractivity contribution in [1.29, 1.82) is 0 Å². The highest BCUT2D eigenvalue weighted by Gasteiger charge is 2.35.